The first-order valence-corrected chi connectivity index (χ1v) is 5.84. The van der Waals surface area contributed by atoms with Crippen LogP contribution in [0.25, 0.3) is 10.9 Å². The molecule has 5 heteroatoms. The van der Waals surface area contributed by atoms with Gasteiger partial charge in [0.1, 0.15) is 5.82 Å². The number of carboxylic acids is 1. The van der Waals surface area contributed by atoms with Gasteiger partial charge in [0.05, 0.1) is 5.52 Å². The summed E-state index contributed by atoms with van der Waals surface area (Å²) in [7, 11) is 0. The van der Waals surface area contributed by atoms with Crippen molar-refractivity contribution in [3.63, 3.8) is 0 Å². The van der Waals surface area contributed by atoms with Crippen LogP contribution in [0.3, 0.4) is 0 Å². The van der Waals surface area contributed by atoms with Crippen molar-refractivity contribution >= 4 is 32.8 Å². The Morgan fingerprint density at radius 1 is 1.47 bits per heavy atom. The van der Waals surface area contributed by atoms with Gasteiger partial charge in [-0.3, -0.25) is 0 Å². The maximum Gasteiger partial charge on any atom is 0.354 e. The van der Waals surface area contributed by atoms with Gasteiger partial charge in [-0.25, -0.2) is 14.2 Å². The molecule has 0 radical (unpaired) electrons. The third kappa shape index (κ3) is 2.15. The molecular weight excluding hydrogens is 289 g/mol. The van der Waals surface area contributed by atoms with Gasteiger partial charge in [0, 0.05) is 9.86 Å². The van der Waals surface area contributed by atoms with Crippen LogP contribution in [0.4, 0.5) is 4.39 Å². The van der Waals surface area contributed by atoms with E-state index in [1.54, 1.807) is 6.07 Å². The average Bonchev–Trinajstić information content (AvgIpc) is 2.26. The molecule has 0 atom stereocenters. The van der Waals surface area contributed by atoms with Gasteiger partial charge in [-0.05, 0) is 46.1 Å². The van der Waals surface area contributed by atoms with E-state index in [0.29, 0.717) is 27.4 Å². The summed E-state index contributed by atoms with van der Waals surface area (Å²) in [6.07, 6.45) is 0.540. The zero-order valence-electron chi connectivity index (χ0n) is 9.00. The average molecular weight is 298 g/mol. The standard InChI is InChI=1S/C12H9BrFNO2/c1-2-6-3-7-4-8(14)5-9(13)10(7)15-11(6)12(16)17/h3-5H,2H2,1H3,(H,16,17). The summed E-state index contributed by atoms with van der Waals surface area (Å²) in [5, 5.41) is 9.65. The van der Waals surface area contributed by atoms with Crippen LogP contribution in [0.5, 0.6) is 0 Å². The minimum absolute atomic E-state index is 0.0207. The van der Waals surface area contributed by atoms with Gasteiger partial charge in [0.25, 0.3) is 0 Å². The Morgan fingerprint density at radius 2 is 2.18 bits per heavy atom. The second kappa shape index (κ2) is 4.41. The monoisotopic (exact) mass is 297 g/mol. The smallest absolute Gasteiger partial charge is 0.354 e. The molecule has 2 aromatic rings. The number of aromatic nitrogens is 1. The van der Waals surface area contributed by atoms with Gasteiger partial charge in [0.2, 0.25) is 0 Å². The summed E-state index contributed by atoms with van der Waals surface area (Å²) in [5.74, 6) is -1.45. The lowest BCUT2D eigenvalue weighted by molar-refractivity contribution is 0.0689. The van der Waals surface area contributed by atoms with E-state index < -0.39 is 5.97 Å². The van der Waals surface area contributed by atoms with Gasteiger partial charge in [-0.15, -0.1) is 0 Å². The number of fused-ring (bicyclic) bond motifs is 1. The maximum absolute atomic E-state index is 13.2. The number of hydrogen-bond acceptors (Lipinski definition) is 2. The van der Waals surface area contributed by atoms with Crippen molar-refractivity contribution in [1.82, 2.24) is 4.98 Å². The highest BCUT2D eigenvalue weighted by Gasteiger charge is 2.14. The van der Waals surface area contributed by atoms with Crippen molar-refractivity contribution in [2.24, 2.45) is 0 Å². The van der Waals surface area contributed by atoms with Crippen LogP contribution in [0.2, 0.25) is 0 Å². The number of pyridine rings is 1. The van der Waals surface area contributed by atoms with E-state index in [2.05, 4.69) is 20.9 Å². The molecule has 0 aliphatic rings. The Labute approximate surface area is 105 Å². The first kappa shape index (κ1) is 12.0. The lowest BCUT2D eigenvalue weighted by atomic mass is 10.1. The molecule has 0 fully saturated rings. The number of halogens is 2. The number of rotatable bonds is 2. The van der Waals surface area contributed by atoms with E-state index in [-0.39, 0.29) is 11.5 Å². The van der Waals surface area contributed by atoms with E-state index in [1.807, 2.05) is 6.92 Å². The maximum atomic E-state index is 13.2. The molecular formula is C12H9BrFNO2. The Bertz CT molecular complexity index is 613. The van der Waals surface area contributed by atoms with Crippen LogP contribution in [0.15, 0.2) is 22.7 Å². The number of benzene rings is 1. The van der Waals surface area contributed by atoms with Crippen LogP contribution in [0, 0.1) is 5.82 Å². The Hall–Kier alpha value is -1.49. The largest absolute Gasteiger partial charge is 0.477 e. The summed E-state index contributed by atoms with van der Waals surface area (Å²) in [5.41, 5.74) is 1.08. The first-order valence-electron chi connectivity index (χ1n) is 5.05. The fourth-order valence-corrected chi connectivity index (χ4v) is 2.24. The molecule has 0 spiro atoms. The molecule has 0 bridgehead atoms. The zero-order valence-corrected chi connectivity index (χ0v) is 10.6. The highest BCUT2D eigenvalue weighted by molar-refractivity contribution is 9.10. The molecule has 0 amide bonds. The first-order chi connectivity index (χ1) is 8.02. The molecule has 1 N–H and O–H groups in total. The minimum atomic E-state index is -1.07. The fourth-order valence-electron chi connectivity index (χ4n) is 1.71. The van der Waals surface area contributed by atoms with Crippen molar-refractivity contribution in [1.29, 1.82) is 0 Å². The second-order valence-electron chi connectivity index (χ2n) is 3.61. The molecule has 1 heterocycles. The summed E-state index contributed by atoms with van der Waals surface area (Å²) in [4.78, 5) is 15.1. The van der Waals surface area contributed by atoms with E-state index in [9.17, 15) is 9.18 Å². The summed E-state index contributed by atoms with van der Waals surface area (Å²) in [6, 6.07) is 4.28. The zero-order chi connectivity index (χ0) is 12.6. The van der Waals surface area contributed by atoms with Crippen LogP contribution < -0.4 is 0 Å². The van der Waals surface area contributed by atoms with Crippen molar-refractivity contribution in [3.8, 4) is 0 Å². The minimum Gasteiger partial charge on any atom is -0.477 e. The van der Waals surface area contributed by atoms with Crippen molar-refractivity contribution in [3.05, 3.63) is 39.7 Å². The molecule has 0 aliphatic carbocycles. The lowest BCUT2D eigenvalue weighted by Crippen LogP contribution is -2.05. The Morgan fingerprint density at radius 3 is 2.76 bits per heavy atom. The van der Waals surface area contributed by atoms with Crippen molar-refractivity contribution in [2.45, 2.75) is 13.3 Å². The molecule has 0 unspecified atom stereocenters. The molecule has 2 rings (SSSR count). The highest BCUT2D eigenvalue weighted by Crippen LogP contribution is 2.26. The SMILES string of the molecule is CCc1cc2cc(F)cc(Br)c2nc1C(=O)O. The molecule has 88 valence electrons. The van der Waals surface area contributed by atoms with Crippen LogP contribution in [-0.4, -0.2) is 16.1 Å². The van der Waals surface area contributed by atoms with Crippen LogP contribution in [0.1, 0.15) is 23.0 Å². The second-order valence-corrected chi connectivity index (χ2v) is 4.47. The molecule has 17 heavy (non-hydrogen) atoms. The van der Waals surface area contributed by atoms with Gasteiger partial charge in [-0.1, -0.05) is 6.92 Å². The van der Waals surface area contributed by atoms with Crippen LogP contribution >= 0.6 is 15.9 Å². The topological polar surface area (TPSA) is 50.2 Å². The van der Waals surface area contributed by atoms with Gasteiger partial charge in [0.15, 0.2) is 5.69 Å². The number of nitrogens with zero attached hydrogens (tertiary/aromatic N) is 1. The third-order valence-corrected chi connectivity index (χ3v) is 3.10. The normalized spacial score (nSPS) is 10.8. The van der Waals surface area contributed by atoms with E-state index >= 15 is 0 Å². The number of aromatic carboxylic acids is 1. The lowest BCUT2D eigenvalue weighted by Gasteiger charge is -2.07. The third-order valence-electron chi connectivity index (χ3n) is 2.50. The predicted molar refractivity (Wildman–Crippen MR) is 65.7 cm³/mol. The number of hydrogen-bond donors (Lipinski definition) is 1. The molecule has 3 nitrogen and oxygen atoms in total. The Balaban J connectivity index is 2.83. The van der Waals surface area contributed by atoms with Gasteiger partial charge < -0.3 is 5.11 Å². The quantitative estimate of drug-likeness (QED) is 0.924. The van der Waals surface area contributed by atoms with E-state index in [0.717, 1.165) is 0 Å². The molecule has 1 aromatic carbocycles. The van der Waals surface area contributed by atoms with Crippen molar-refractivity contribution < 1.29 is 14.3 Å². The molecule has 0 saturated heterocycles. The predicted octanol–water partition coefficient (Wildman–Crippen LogP) is 3.40. The number of carbonyl (C=O) groups is 1. The summed E-state index contributed by atoms with van der Waals surface area (Å²) >= 11 is 3.18. The summed E-state index contributed by atoms with van der Waals surface area (Å²) < 4.78 is 13.7. The van der Waals surface area contributed by atoms with Gasteiger partial charge in [-0.2, -0.15) is 0 Å². The highest BCUT2D eigenvalue weighted by atomic mass is 79.9. The molecule has 1 aromatic heterocycles. The van der Waals surface area contributed by atoms with Crippen molar-refractivity contribution in [2.75, 3.05) is 0 Å². The van der Waals surface area contributed by atoms with Crippen LogP contribution in [-0.2, 0) is 6.42 Å². The summed E-state index contributed by atoms with van der Waals surface area (Å²) in [6.45, 7) is 1.84. The number of carboxylic acid groups (broad SMARTS) is 1. The van der Waals surface area contributed by atoms with E-state index in [4.69, 9.17) is 5.11 Å². The molecule has 0 saturated carbocycles. The Kier molecular flexibility index (Phi) is 3.11. The molecule has 0 aliphatic heterocycles. The fraction of sp³-hybridized carbons (Fsp3) is 0.167. The number of aryl methyl sites for hydroxylation is 1. The van der Waals surface area contributed by atoms with E-state index in [1.165, 1.54) is 12.1 Å². The van der Waals surface area contributed by atoms with Gasteiger partial charge >= 0.3 is 5.97 Å².